The number of carbonyl (C=O) groups is 3. The standard InChI is InChI=1S/C26H28N2O6/c29-22(27-26(23(30)31)10-5-11-26)25(12-14-33-15-13-25)28-24(32)34-16-21-19-8-3-1-6-17(19)18-7-2-4-9-20(18)21/h1-4,6-9,21H,5,10-16H2,(H,27,29)(H,28,32)(H,30,31). The van der Waals surface area contributed by atoms with Crippen LogP contribution in [0.25, 0.3) is 11.1 Å². The Morgan fingerprint density at radius 1 is 0.882 bits per heavy atom. The molecule has 2 fully saturated rings. The summed E-state index contributed by atoms with van der Waals surface area (Å²) in [5.41, 5.74) is 1.94. The molecule has 2 aromatic carbocycles. The molecule has 8 heteroatoms. The van der Waals surface area contributed by atoms with Gasteiger partial charge in [-0.15, -0.1) is 0 Å². The first kappa shape index (κ1) is 22.4. The van der Waals surface area contributed by atoms with Gasteiger partial charge in [0, 0.05) is 32.0 Å². The van der Waals surface area contributed by atoms with Crippen molar-refractivity contribution in [3.8, 4) is 11.1 Å². The third-order valence-corrected chi connectivity index (χ3v) is 7.44. The molecule has 3 N–H and O–H groups in total. The Kier molecular flexibility index (Phi) is 5.77. The van der Waals surface area contributed by atoms with E-state index in [4.69, 9.17) is 9.47 Å². The van der Waals surface area contributed by atoms with Gasteiger partial charge in [0.15, 0.2) is 0 Å². The summed E-state index contributed by atoms with van der Waals surface area (Å²) < 4.78 is 11.1. The van der Waals surface area contributed by atoms with Gasteiger partial charge in [0.05, 0.1) is 0 Å². The SMILES string of the molecule is O=C(NC1(C(=O)NC2(C(=O)O)CCC2)CCOCC1)OCC1c2ccccc2-c2ccccc21. The number of hydrogen-bond donors (Lipinski definition) is 3. The lowest BCUT2D eigenvalue weighted by atomic mass is 9.75. The van der Waals surface area contributed by atoms with Crippen molar-refractivity contribution in [1.82, 2.24) is 10.6 Å². The van der Waals surface area contributed by atoms with Crippen LogP contribution in [0.4, 0.5) is 4.79 Å². The Hall–Kier alpha value is -3.39. The first-order chi connectivity index (χ1) is 16.4. The van der Waals surface area contributed by atoms with Gasteiger partial charge in [-0.25, -0.2) is 9.59 Å². The van der Waals surface area contributed by atoms with E-state index in [1.807, 2.05) is 36.4 Å². The zero-order valence-corrected chi connectivity index (χ0v) is 18.8. The molecule has 0 radical (unpaired) electrons. The van der Waals surface area contributed by atoms with Crippen LogP contribution in [0, 0.1) is 0 Å². The van der Waals surface area contributed by atoms with E-state index >= 15 is 0 Å². The van der Waals surface area contributed by atoms with Gasteiger partial charge < -0.3 is 25.2 Å². The summed E-state index contributed by atoms with van der Waals surface area (Å²) >= 11 is 0. The molecule has 5 rings (SSSR count). The number of aliphatic carboxylic acids is 1. The molecule has 1 heterocycles. The summed E-state index contributed by atoms with van der Waals surface area (Å²) in [7, 11) is 0. The molecule has 0 unspecified atom stereocenters. The molecule has 3 aliphatic rings. The van der Waals surface area contributed by atoms with E-state index in [0.29, 0.717) is 12.8 Å². The van der Waals surface area contributed by atoms with E-state index < -0.39 is 29.0 Å². The van der Waals surface area contributed by atoms with E-state index in [1.54, 1.807) is 0 Å². The van der Waals surface area contributed by atoms with E-state index in [9.17, 15) is 19.5 Å². The first-order valence-corrected chi connectivity index (χ1v) is 11.7. The Bertz CT molecular complexity index is 1070. The highest BCUT2D eigenvalue weighted by Crippen LogP contribution is 2.44. The average Bonchev–Trinajstić information content (AvgIpc) is 3.14. The summed E-state index contributed by atoms with van der Waals surface area (Å²) in [4.78, 5) is 37.9. The fourth-order valence-corrected chi connectivity index (χ4v) is 5.22. The summed E-state index contributed by atoms with van der Waals surface area (Å²) in [5, 5.41) is 15.1. The van der Waals surface area contributed by atoms with Gasteiger partial charge in [-0.2, -0.15) is 0 Å². The van der Waals surface area contributed by atoms with Gasteiger partial charge in [-0.3, -0.25) is 4.79 Å². The second-order valence-corrected chi connectivity index (χ2v) is 9.34. The Morgan fingerprint density at radius 2 is 1.47 bits per heavy atom. The second kappa shape index (κ2) is 8.76. The van der Waals surface area contributed by atoms with Crippen molar-refractivity contribution >= 4 is 18.0 Å². The molecule has 8 nitrogen and oxygen atoms in total. The monoisotopic (exact) mass is 464 g/mol. The molecule has 1 aliphatic heterocycles. The van der Waals surface area contributed by atoms with Crippen molar-refractivity contribution < 1.29 is 29.0 Å². The quantitative estimate of drug-likeness (QED) is 0.605. The lowest BCUT2D eigenvalue weighted by molar-refractivity contribution is -0.153. The number of rotatable bonds is 6. The predicted octanol–water partition coefficient (Wildman–Crippen LogP) is 3.20. The third kappa shape index (κ3) is 3.81. The Balaban J connectivity index is 1.30. The number of amides is 2. The molecule has 2 aliphatic carbocycles. The smallest absolute Gasteiger partial charge is 0.408 e. The number of hydrogen-bond acceptors (Lipinski definition) is 5. The second-order valence-electron chi connectivity index (χ2n) is 9.34. The van der Waals surface area contributed by atoms with Crippen LogP contribution >= 0.6 is 0 Å². The molecule has 2 aromatic rings. The zero-order chi connectivity index (χ0) is 23.8. The van der Waals surface area contributed by atoms with E-state index in [1.165, 1.54) is 0 Å². The maximum atomic E-state index is 13.3. The van der Waals surface area contributed by atoms with E-state index in [2.05, 4.69) is 22.8 Å². The van der Waals surface area contributed by atoms with Crippen LogP contribution in [0.5, 0.6) is 0 Å². The molecular formula is C26H28N2O6. The zero-order valence-electron chi connectivity index (χ0n) is 18.8. The minimum absolute atomic E-state index is 0.0946. The van der Waals surface area contributed by atoms with Gasteiger partial charge in [0.1, 0.15) is 17.7 Å². The van der Waals surface area contributed by atoms with Crippen molar-refractivity contribution in [2.24, 2.45) is 0 Å². The van der Waals surface area contributed by atoms with Crippen LogP contribution in [0.2, 0.25) is 0 Å². The number of ether oxygens (including phenoxy) is 2. The number of carbonyl (C=O) groups excluding carboxylic acids is 2. The summed E-state index contributed by atoms with van der Waals surface area (Å²) in [6.45, 7) is 0.710. The van der Waals surface area contributed by atoms with Crippen molar-refractivity contribution in [2.75, 3.05) is 19.8 Å². The van der Waals surface area contributed by atoms with Crippen LogP contribution in [-0.2, 0) is 19.1 Å². The van der Waals surface area contributed by atoms with Crippen molar-refractivity contribution in [3.63, 3.8) is 0 Å². The number of nitrogens with one attached hydrogen (secondary N) is 2. The van der Waals surface area contributed by atoms with Crippen LogP contribution in [0.3, 0.4) is 0 Å². The molecular weight excluding hydrogens is 436 g/mol. The molecule has 0 spiro atoms. The molecule has 0 atom stereocenters. The van der Waals surface area contributed by atoms with Gasteiger partial charge >= 0.3 is 12.1 Å². The Morgan fingerprint density at radius 3 is 2.00 bits per heavy atom. The van der Waals surface area contributed by atoms with Crippen molar-refractivity contribution in [1.29, 1.82) is 0 Å². The first-order valence-electron chi connectivity index (χ1n) is 11.7. The minimum Gasteiger partial charge on any atom is -0.480 e. The van der Waals surface area contributed by atoms with Crippen molar-refractivity contribution in [3.05, 3.63) is 59.7 Å². The lowest BCUT2D eigenvalue weighted by Crippen LogP contribution is -2.68. The fourth-order valence-electron chi connectivity index (χ4n) is 5.22. The molecule has 1 saturated carbocycles. The third-order valence-electron chi connectivity index (χ3n) is 7.44. The number of carboxylic acids is 1. The van der Waals surface area contributed by atoms with Crippen LogP contribution < -0.4 is 10.6 Å². The van der Waals surface area contributed by atoms with Crippen LogP contribution in [0.15, 0.2) is 48.5 Å². The topological polar surface area (TPSA) is 114 Å². The number of fused-ring (bicyclic) bond motifs is 3. The lowest BCUT2D eigenvalue weighted by Gasteiger charge is -2.43. The molecule has 1 saturated heterocycles. The molecule has 2 amide bonds. The van der Waals surface area contributed by atoms with Gasteiger partial charge in [0.25, 0.3) is 0 Å². The number of alkyl carbamates (subject to hydrolysis) is 1. The Labute approximate surface area is 197 Å². The highest BCUT2D eigenvalue weighted by molar-refractivity contribution is 5.95. The maximum absolute atomic E-state index is 13.3. The minimum atomic E-state index is -1.27. The summed E-state index contributed by atoms with van der Waals surface area (Å²) in [6, 6.07) is 16.1. The molecule has 178 valence electrons. The largest absolute Gasteiger partial charge is 0.480 e. The van der Waals surface area contributed by atoms with Crippen molar-refractivity contribution in [2.45, 2.75) is 49.1 Å². The highest BCUT2D eigenvalue weighted by atomic mass is 16.5. The fraction of sp³-hybridized carbons (Fsp3) is 0.423. The summed E-state index contributed by atoms with van der Waals surface area (Å²) in [5.74, 6) is -1.63. The molecule has 34 heavy (non-hydrogen) atoms. The van der Waals surface area contributed by atoms with Gasteiger partial charge in [-0.05, 0) is 41.5 Å². The molecule has 0 aromatic heterocycles. The highest BCUT2D eigenvalue weighted by Gasteiger charge is 2.51. The van der Waals surface area contributed by atoms with E-state index in [0.717, 1.165) is 28.7 Å². The molecule has 0 bridgehead atoms. The van der Waals surface area contributed by atoms with Gasteiger partial charge in [-0.1, -0.05) is 48.5 Å². The summed E-state index contributed by atoms with van der Waals surface area (Å²) in [6.07, 6.45) is 1.30. The normalized spacial score (nSPS) is 19.8. The van der Waals surface area contributed by atoms with Gasteiger partial charge in [0.2, 0.25) is 5.91 Å². The van der Waals surface area contributed by atoms with E-state index in [-0.39, 0.29) is 38.6 Å². The predicted molar refractivity (Wildman–Crippen MR) is 123 cm³/mol. The average molecular weight is 465 g/mol. The maximum Gasteiger partial charge on any atom is 0.408 e. The van der Waals surface area contributed by atoms with Crippen LogP contribution in [0.1, 0.15) is 49.1 Å². The number of carboxylic acid groups (broad SMARTS) is 1. The number of benzene rings is 2. The van der Waals surface area contributed by atoms with Crippen LogP contribution in [-0.4, -0.2) is 54.0 Å².